The molecular weight excluding hydrogens is 226 g/mol. The van der Waals surface area contributed by atoms with Gasteiger partial charge in [-0.05, 0) is 18.8 Å². The van der Waals surface area contributed by atoms with Gasteiger partial charge in [0, 0.05) is 31.8 Å². The van der Waals surface area contributed by atoms with Crippen LogP contribution in [0.2, 0.25) is 0 Å². The van der Waals surface area contributed by atoms with Crippen LogP contribution in [-0.4, -0.2) is 30.2 Å². The van der Waals surface area contributed by atoms with Gasteiger partial charge in [-0.2, -0.15) is 0 Å². The van der Waals surface area contributed by atoms with Crippen LogP contribution in [0.15, 0.2) is 6.07 Å². The molecule has 1 aromatic heterocycles. The maximum atomic E-state index is 5.09. The Morgan fingerprint density at radius 2 is 2.11 bits per heavy atom. The molecule has 0 bridgehead atoms. The van der Waals surface area contributed by atoms with E-state index >= 15 is 0 Å². The highest BCUT2D eigenvalue weighted by Crippen LogP contribution is 2.11. The van der Waals surface area contributed by atoms with Crippen molar-refractivity contribution in [3.63, 3.8) is 0 Å². The zero-order chi connectivity index (χ0) is 13.4. The molecule has 4 nitrogen and oxygen atoms in total. The number of nitrogens with one attached hydrogen (secondary N) is 1. The average molecular weight is 251 g/mol. The Balaban J connectivity index is 2.81. The maximum Gasteiger partial charge on any atom is 0.133 e. The van der Waals surface area contributed by atoms with E-state index in [0.717, 1.165) is 43.1 Å². The largest absolute Gasteiger partial charge is 0.384 e. The lowest BCUT2D eigenvalue weighted by Gasteiger charge is -2.10. The van der Waals surface area contributed by atoms with Gasteiger partial charge in [0.25, 0.3) is 0 Å². The summed E-state index contributed by atoms with van der Waals surface area (Å²) in [5, 5.41) is 3.33. The van der Waals surface area contributed by atoms with Crippen LogP contribution >= 0.6 is 0 Å². The van der Waals surface area contributed by atoms with E-state index in [1.54, 1.807) is 7.11 Å². The predicted octanol–water partition coefficient (Wildman–Crippen LogP) is 2.69. The topological polar surface area (TPSA) is 47.0 Å². The molecule has 0 radical (unpaired) electrons. The van der Waals surface area contributed by atoms with E-state index in [9.17, 15) is 0 Å². The van der Waals surface area contributed by atoms with Gasteiger partial charge in [0.2, 0.25) is 0 Å². The van der Waals surface area contributed by atoms with E-state index in [1.165, 1.54) is 0 Å². The van der Waals surface area contributed by atoms with Crippen molar-refractivity contribution in [1.82, 2.24) is 9.97 Å². The number of nitrogens with zero attached hydrogens (tertiary/aromatic N) is 2. The van der Waals surface area contributed by atoms with Crippen LogP contribution in [0.25, 0.3) is 0 Å². The maximum absolute atomic E-state index is 5.09. The molecule has 0 saturated carbocycles. The molecule has 0 aliphatic carbocycles. The fourth-order valence-electron chi connectivity index (χ4n) is 1.72. The minimum atomic E-state index is 0.606. The molecule has 0 fully saturated rings. The Morgan fingerprint density at radius 3 is 2.72 bits per heavy atom. The average Bonchev–Trinajstić information content (AvgIpc) is 2.33. The first-order valence-corrected chi connectivity index (χ1v) is 6.75. The SMILES string of the molecule is CCCNc1cc(CC(C)C)nc(CCOC)n1. The van der Waals surface area contributed by atoms with Gasteiger partial charge in [-0.3, -0.25) is 0 Å². The van der Waals surface area contributed by atoms with Crippen molar-refractivity contribution >= 4 is 5.82 Å². The second-order valence-corrected chi connectivity index (χ2v) is 4.93. The van der Waals surface area contributed by atoms with Gasteiger partial charge in [0.1, 0.15) is 11.6 Å². The molecule has 0 amide bonds. The zero-order valence-corrected chi connectivity index (χ0v) is 12.0. The fourth-order valence-corrected chi connectivity index (χ4v) is 1.72. The summed E-state index contributed by atoms with van der Waals surface area (Å²) in [4.78, 5) is 9.10. The van der Waals surface area contributed by atoms with E-state index in [4.69, 9.17) is 4.74 Å². The first-order valence-electron chi connectivity index (χ1n) is 6.75. The van der Waals surface area contributed by atoms with Gasteiger partial charge in [0.05, 0.1) is 6.61 Å². The van der Waals surface area contributed by atoms with Crippen molar-refractivity contribution in [2.24, 2.45) is 5.92 Å². The Labute approximate surface area is 110 Å². The molecule has 0 atom stereocenters. The van der Waals surface area contributed by atoms with Gasteiger partial charge >= 0.3 is 0 Å². The molecule has 0 aliphatic rings. The molecule has 0 saturated heterocycles. The van der Waals surface area contributed by atoms with Gasteiger partial charge < -0.3 is 10.1 Å². The number of rotatable bonds is 8. The lowest BCUT2D eigenvalue weighted by atomic mass is 10.1. The van der Waals surface area contributed by atoms with Crippen LogP contribution in [0.4, 0.5) is 5.82 Å². The van der Waals surface area contributed by atoms with Gasteiger partial charge in [-0.1, -0.05) is 20.8 Å². The van der Waals surface area contributed by atoms with Crippen LogP contribution in [0, 0.1) is 5.92 Å². The highest BCUT2D eigenvalue weighted by Gasteiger charge is 2.06. The molecule has 0 unspecified atom stereocenters. The van der Waals surface area contributed by atoms with Gasteiger partial charge in [-0.25, -0.2) is 9.97 Å². The van der Waals surface area contributed by atoms with Crippen molar-refractivity contribution in [2.45, 2.75) is 40.0 Å². The summed E-state index contributed by atoms with van der Waals surface area (Å²) >= 11 is 0. The fraction of sp³-hybridized carbons (Fsp3) is 0.714. The van der Waals surface area contributed by atoms with Crippen LogP contribution < -0.4 is 5.32 Å². The molecule has 0 aliphatic heterocycles. The number of methoxy groups -OCH3 is 1. The molecule has 18 heavy (non-hydrogen) atoms. The number of anilines is 1. The minimum absolute atomic E-state index is 0.606. The summed E-state index contributed by atoms with van der Waals surface area (Å²) in [6.45, 7) is 8.17. The zero-order valence-electron chi connectivity index (χ0n) is 12.0. The van der Waals surface area contributed by atoms with Crippen LogP contribution in [0.5, 0.6) is 0 Å². The third-order valence-corrected chi connectivity index (χ3v) is 2.53. The Morgan fingerprint density at radius 1 is 1.33 bits per heavy atom. The van der Waals surface area contributed by atoms with Crippen molar-refractivity contribution in [2.75, 3.05) is 25.6 Å². The molecule has 1 heterocycles. The Bertz CT molecular complexity index is 327. The lowest BCUT2D eigenvalue weighted by molar-refractivity contribution is 0.200. The van der Waals surface area contributed by atoms with Crippen molar-refractivity contribution in [1.29, 1.82) is 0 Å². The quantitative estimate of drug-likeness (QED) is 0.771. The van der Waals surface area contributed by atoms with Crippen LogP contribution in [0.3, 0.4) is 0 Å². The number of ether oxygens (including phenoxy) is 1. The van der Waals surface area contributed by atoms with Crippen LogP contribution in [-0.2, 0) is 17.6 Å². The number of hydrogen-bond donors (Lipinski definition) is 1. The lowest BCUT2D eigenvalue weighted by Crippen LogP contribution is -2.10. The summed E-state index contributed by atoms with van der Waals surface area (Å²) in [5.41, 5.74) is 1.12. The van der Waals surface area contributed by atoms with Gasteiger partial charge in [0.15, 0.2) is 0 Å². The molecule has 1 N–H and O–H groups in total. The number of aromatic nitrogens is 2. The van der Waals surface area contributed by atoms with E-state index in [2.05, 4.69) is 42.1 Å². The summed E-state index contributed by atoms with van der Waals surface area (Å²) in [6.07, 6.45) is 2.85. The third-order valence-electron chi connectivity index (χ3n) is 2.53. The number of hydrogen-bond acceptors (Lipinski definition) is 4. The Kier molecular flexibility index (Phi) is 6.65. The van der Waals surface area contributed by atoms with E-state index in [0.29, 0.717) is 12.5 Å². The minimum Gasteiger partial charge on any atom is -0.384 e. The summed E-state index contributed by atoms with van der Waals surface area (Å²) < 4.78 is 5.09. The van der Waals surface area contributed by atoms with Crippen molar-refractivity contribution < 1.29 is 4.74 Å². The first kappa shape index (κ1) is 14.9. The molecule has 0 aromatic carbocycles. The van der Waals surface area contributed by atoms with Crippen LogP contribution in [0.1, 0.15) is 38.7 Å². The molecule has 1 rings (SSSR count). The van der Waals surface area contributed by atoms with Crippen molar-refractivity contribution in [3.05, 3.63) is 17.6 Å². The second-order valence-electron chi connectivity index (χ2n) is 4.93. The molecule has 4 heteroatoms. The monoisotopic (exact) mass is 251 g/mol. The Hall–Kier alpha value is -1.16. The van der Waals surface area contributed by atoms with Gasteiger partial charge in [-0.15, -0.1) is 0 Å². The molecule has 0 spiro atoms. The molecule has 1 aromatic rings. The normalized spacial score (nSPS) is 10.9. The standard InChI is InChI=1S/C14H25N3O/c1-5-7-15-14-10-12(9-11(2)3)16-13(17-14)6-8-18-4/h10-11H,5-9H2,1-4H3,(H,15,16,17). The molecular formula is C14H25N3O. The smallest absolute Gasteiger partial charge is 0.133 e. The van der Waals surface area contributed by atoms with E-state index < -0.39 is 0 Å². The highest BCUT2D eigenvalue weighted by atomic mass is 16.5. The summed E-state index contributed by atoms with van der Waals surface area (Å²) in [6, 6.07) is 2.06. The predicted molar refractivity (Wildman–Crippen MR) is 74.9 cm³/mol. The molecule has 102 valence electrons. The second kappa shape index (κ2) is 8.03. The summed E-state index contributed by atoms with van der Waals surface area (Å²) in [7, 11) is 1.70. The first-order chi connectivity index (χ1) is 8.65. The highest BCUT2D eigenvalue weighted by molar-refractivity contribution is 5.36. The van der Waals surface area contributed by atoms with E-state index in [1.807, 2.05) is 0 Å². The van der Waals surface area contributed by atoms with Crippen molar-refractivity contribution in [3.8, 4) is 0 Å². The van der Waals surface area contributed by atoms with E-state index in [-0.39, 0.29) is 0 Å². The summed E-state index contributed by atoms with van der Waals surface area (Å²) in [5.74, 6) is 2.41. The third kappa shape index (κ3) is 5.45.